The molecule has 0 unspecified atom stereocenters. The molecule has 1 fully saturated rings. The second-order valence-electron chi connectivity index (χ2n) is 8.75. The molecule has 1 saturated heterocycles. The number of anilines is 1. The summed E-state index contributed by atoms with van der Waals surface area (Å²) in [5.74, 6) is 2.47. The zero-order chi connectivity index (χ0) is 24.9. The van der Waals surface area contributed by atoms with E-state index in [1.165, 1.54) is 6.33 Å². The second-order valence-corrected chi connectivity index (χ2v) is 8.75. The van der Waals surface area contributed by atoms with E-state index in [1.807, 2.05) is 48.5 Å². The molecule has 1 amide bonds. The van der Waals surface area contributed by atoms with E-state index in [0.29, 0.717) is 31.0 Å². The highest BCUT2D eigenvalue weighted by atomic mass is 16.5. The topological polar surface area (TPSA) is 103 Å². The number of rotatable bonds is 8. The van der Waals surface area contributed by atoms with Crippen molar-refractivity contribution in [3.63, 3.8) is 0 Å². The van der Waals surface area contributed by atoms with E-state index >= 15 is 0 Å². The van der Waals surface area contributed by atoms with Gasteiger partial charge < -0.3 is 24.2 Å². The normalized spacial score (nSPS) is 14.1. The van der Waals surface area contributed by atoms with Crippen LogP contribution in [0.4, 0.5) is 5.82 Å². The van der Waals surface area contributed by atoms with E-state index in [2.05, 4.69) is 25.3 Å². The Morgan fingerprint density at radius 2 is 1.83 bits per heavy atom. The minimum absolute atomic E-state index is 0.0280. The molecule has 9 heteroatoms. The lowest BCUT2D eigenvalue weighted by atomic mass is 9.95. The summed E-state index contributed by atoms with van der Waals surface area (Å²) >= 11 is 0. The number of ether oxygens (including phenoxy) is 2. The van der Waals surface area contributed by atoms with Crippen molar-refractivity contribution in [1.29, 1.82) is 0 Å². The number of para-hydroxylation sites is 1. The van der Waals surface area contributed by atoms with Gasteiger partial charge in [-0.15, -0.1) is 0 Å². The number of carbonyl (C=O) groups excluding carboxylic acids is 1. The van der Waals surface area contributed by atoms with Gasteiger partial charge in [-0.1, -0.05) is 23.4 Å². The van der Waals surface area contributed by atoms with Crippen LogP contribution in [0.15, 0.2) is 59.4 Å². The van der Waals surface area contributed by atoms with Crippen molar-refractivity contribution < 1.29 is 18.8 Å². The second kappa shape index (κ2) is 10.6. The van der Waals surface area contributed by atoms with Crippen LogP contribution in [0.25, 0.3) is 22.4 Å². The Balaban J connectivity index is 1.23. The van der Waals surface area contributed by atoms with E-state index in [0.717, 1.165) is 53.1 Å². The lowest BCUT2D eigenvalue weighted by Crippen LogP contribution is -2.41. The third-order valence-electron chi connectivity index (χ3n) is 6.67. The first-order valence-corrected chi connectivity index (χ1v) is 12.1. The molecule has 9 nitrogen and oxygen atoms in total. The SMILES string of the molecule is COc1ccc(-c2noc3ncnc(N4CCC(C(=O)NCCc5ccccc5OC)CC4)c23)cc1. The number of amides is 1. The number of nitrogens with zero attached hydrogens (tertiary/aromatic N) is 4. The summed E-state index contributed by atoms with van der Waals surface area (Å²) in [6.45, 7) is 2.01. The van der Waals surface area contributed by atoms with Crippen LogP contribution in [-0.2, 0) is 11.2 Å². The number of carbonyl (C=O) groups is 1. The average Bonchev–Trinajstić information content (AvgIpc) is 3.38. The standard InChI is InChI=1S/C27H29N5O4/c1-34-21-9-7-19(8-10-21)24-23-25(29-17-30-27(23)36-31-24)32-15-12-20(13-16-32)26(33)28-14-11-18-5-3-4-6-22(18)35-2/h3-10,17,20H,11-16H2,1-2H3,(H,28,33). The predicted octanol–water partition coefficient (Wildman–Crippen LogP) is 3.88. The molecule has 0 aliphatic carbocycles. The van der Waals surface area contributed by atoms with Crippen molar-refractivity contribution in [3.05, 3.63) is 60.4 Å². The maximum Gasteiger partial charge on any atom is 0.263 e. The summed E-state index contributed by atoms with van der Waals surface area (Å²) in [4.78, 5) is 23.8. The summed E-state index contributed by atoms with van der Waals surface area (Å²) in [5.41, 5.74) is 3.13. The highest BCUT2D eigenvalue weighted by molar-refractivity contribution is 5.98. The fourth-order valence-corrected chi connectivity index (χ4v) is 4.69. The van der Waals surface area contributed by atoms with E-state index in [9.17, 15) is 4.79 Å². The molecule has 0 spiro atoms. The largest absolute Gasteiger partial charge is 0.497 e. The molecule has 186 valence electrons. The molecule has 4 aromatic rings. The number of hydrogen-bond acceptors (Lipinski definition) is 8. The molecule has 3 heterocycles. The van der Waals surface area contributed by atoms with Crippen LogP contribution in [0, 0.1) is 5.92 Å². The Hall–Kier alpha value is -4.14. The van der Waals surface area contributed by atoms with Gasteiger partial charge in [0.05, 0.1) is 14.2 Å². The van der Waals surface area contributed by atoms with Crippen LogP contribution in [0.3, 0.4) is 0 Å². The summed E-state index contributed by atoms with van der Waals surface area (Å²) < 4.78 is 16.2. The number of methoxy groups -OCH3 is 2. The molecule has 0 radical (unpaired) electrons. The molecule has 1 N–H and O–H groups in total. The first-order valence-electron chi connectivity index (χ1n) is 12.1. The van der Waals surface area contributed by atoms with Crippen molar-refractivity contribution in [1.82, 2.24) is 20.4 Å². The lowest BCUT2D eigenvalue weighted by molar-refractivity contribution is -0.125. The van der Waals surface area contributed by atoms with Crippen LogP contribution in [0.5, 0.6) is 11.5 Å². The number of benzene rings is 2. The Labute approximate surface area is 209 Å². The summed E-state index contributed by atoms with van der Waals surface area (Å²) in [6.07, 6.45) is 3.72. The van der Waals surface area contributed by atoms with Gasteiger partial charge in [0.2, 0.25) is 5.91 Å². The first kappa shape index (κ1) is 23.6. The van der Waals surface area contributed by atoms with Crippen LogP contribution in [0.1, 0.15) is 18.4 Å². The third-order valence-corrected chi connectivity index (χ3v) is 6.67. The molecular formula is C27H29N5O4. The van der Waals surface area contributed by atoms with Crippen LogP contribution in [-0.4, -0.2) is 54.9 Å². The Kier molecular flexibility index (Phi) is 6.97. The number of fused-ring (bicyclic) bond motifs is 1. The van der Waals surface area contributed by atoms with Crippen LogP contribution < -0.4 is 19.7 Å². The zero-order valence-electron chi connectivity index (χ0n) is 20.4. The molecule has 2 aromatic carbocycles. The maximum absolute atomic E-state index is 12.8. The molecule has 0 bridgehead atoms. The van der Waals surface area contributed by atoms with Crippen molar-refractivity contribution in [3.8, 4) is 22.8 Å². The number of nitrogens with one attached hydrogen (secondary N) is 1. The minimum Gasteiger partial charge on any atom is -0.497 e. The van der Waals surface area contributed by atoms with E-state index in [4.69, 9.17) is 14.0 Å². The van der Waals surface area contributed by atoms with E-state index in [-0.39, 0.29) is 11.8 Å². The van der Waals surface area contributed by atoms with Gasteiger partial charge in [-0.05, 0) is 55.2 Å². The van der Waals surface area contributed by atoms with Gasteiger partial charge >= 0.3 is 0 Å². The van der Waals surface area contributed by atoms with E-state index < -0.39 is 0 Å². The average molecular weight is 488 g/mol. The number of hydrogen-bond donors (Lipinski definition) is 1. The number of piperidine rings is 1. The van der Waals surface area contributed by atoms with Crippen LogP contribution >= 0.6 is 0 Å². The van der Waals surface area contributed by atoms with Crippen molar-refractivity contribution in [2.75, 3.05) is 38.8 Å². The maximum atomic E-state index is 12.8. The molecule has 2 aromatic heterocycles. The zero-order valence-corrected chi connectivity index (χ0v) is 20.4. The Bertz CT molecular complexity index is 1330. The molecule has 0 atom stereocenters. The minimum atomic E-state index is -0.0280. The smallest absolute Gasteiger partial charge is 0.263 e. The van der Waals surface area contributed by atoms with Gasteiger partial charge in [0.15, 0.2) is 0 Å². The predicted molar refractivity (Wildman–Crippen MR) is 136 cm³/mol. The molecular weight excluding hydrogens is 458 g/mol. The first-order chi connectivity index (χ1) is 17.7. The number of aromatic nitrogens is 3. The van der Waals surface area contributed by atoms with Gasteiger partial charge in [-0.3, -0.25) is 4.79 Å². The fourth-order valence-electron chi connectivity index (χ4n) is 4.69. The summed E-state index contributed by atoms with van der Waals surface area (Å²) in [5, 5.41) is 8.15. The fraction of sp³-hybridized carbons (Fsp3) is 0.333. The van der Waals surface area contributed by atoms with Gasteiger partial charge in [-0.2, -0.15) is 4.98 Å². The summed E-state index contributed by atoms with van der Waals surface area (Å²) in [7, 11) is 3.30. The molecule has 1 aliphatic rings. The molecule has 0 saturated carbocycles. The quantitative estimate of drug-likeness (QED) is 0.400. The third kappa shape index (κ3) is 4.82. The van der Waals surface area contributed by atoms with Crippen LogP contribution in [0.2, 0.25) is 0 Å². The van der Waals surface area contributed by atoms with Gasteiger partial charge in [-0.25, -0.2) is 4.98 Å². The monoisotopic (exact) mass is 487 g/mol. The van der Waals surface area contributed by atoms with Gasteiger partial charge in [0.25, 0.3) is 5.71 Å². The lowest BCUT2D eigenvalue weighted by Gasteiger charge is -2.32. The molecule has 1 aliphatic heterocycles. The highest BCUT2D eigenvalue weighted by Crippen LogP contribution is 2.35. The van der Waals surface area contributed by atoms with E-state index in [1.54, 1.807) is 14.2 Å². The van der Waals surface area contributed by atoms with Gasteiger partial charge in [0.1, 0.15) is 34.7 Å². The highest BCUT2D eigenvalue weighted by Gasteiger charge is 2.28. The van der Waals surface area contributed by atoms with Gasteiger partial charge in [0, 0.05) is 31.1 Å². The Morgan fingerprint density at radius 3 is 2.58 bits per heavy atom. The van der Waals surface area contributed by atoms with Crippen molar-refractivity contribution in [2.24, 2.45) is 5.92 Å². The molecule has 36 heavy (non-hydrogen) atoms. The Morgan fingerprint density at radius 1 is 1.06 bits per heavy atom. The van der Waals surface area contributed by atoms with Crippen molar-refractivity contribution >= 4 is 22.8 Å². The van der Waals surface area contributed by atoms with Crippen molar-refractivity contribution in [2.45, 2.75) is 19.3 Å². The molecule has 5 rings (SSSR count). The summed E-state index contributed by atoms with van der Waals surface area (Å²) in [6, 6.07) is 15.5.